The molecule has 1 aliphatic carbocycles. The van der Waals surface area contributed by atoms with Crippen molar-refractivity contribution in [1.29, 1.82) is 0 Å². The molecular weight excluding hydrogens is 262 g/mol. The van der Waals surface area contributed by atoms with Crippen LogP contribution in [0.1, 0.15) is 18.7 Å². The van der Waals surface area contributed by atoms with Gasteiger partial charge in [-0.2, -0.15) is 0 Å². The van der Waals surface area contributed by atoms with E-state index in [1.165, 1.54) is 19.1 Å². The van der Waals surface area contributed by atoms with Crippen molar-refractivity contribution in [2.45, 2.75) is 30.2 Å². The Labute approximate surface area is 112 Å². The molecule has 1 aliphatic rings. The lowest BCUT2D eigenvalue weighted by Crippen LogP contribution is -2.19. The lowest BCUT2D eigenvalue weighted by molar-refractivity contribution is 0.602. The summed E-state index contributed by atoms with van der Waals surface area (Å²) in [6, 6.07) is 5.70. The summed E-state index contributed by atoms with van der Waals surface area (Å²) in [7, 11) is -3.17. The highest BCUT2D eigenvalue weighted by Crippen LogP contribution is 2.19. The van der Waals surface area contributed by atoms with E-state index >= 15 is 0 Å². The minimum atomic E-state index is -3.17. The Kier molecular flexibility index (Phi) is 3.06. The molecule has 0 atom stereocenters. The highest BCUT2D eigenvalue weighted by molar-refractivity contribution is 7.90. The van der Waals surface area contributed by atoms with Gasteiger partial charge in [-0.15, -0.1) is 0 Å². The fourth-order valence-electron chi connectivity index (χ4n) is 2.07. The maximum absolute atomic E-state index is 11.5. The summed E-state index contributed by atoms with van der Waals surface area (Å²) in [6.07, 6.45) is 4.60. The molecule has 1 saturated carbocycles. The SMILES string of the molecule is CS(=O)(=O)c1ccc2nc(CCNC3CC3)[nH]c2c1. The summed E-state index contributed by atoms with van der Waals surface area (Å²) >= 11 is 0. The molecule has 0 unspecified atom stereocenters. The number of nitrogens with one attached hydrogen (secondary N) is 2. The molecule has 0 spiro atoms. The molecule has 19 heavy (non-hydrogen) atoms. The zero-order chi connectivity index (χ0) is 13.5. The molecule has 0 saturated heterocycles. The van der Waals surface area contributed by atoms with Crippen LogP contribution >= 0.6 is 0 Å². The van der Waals surface area contributed by atoms with Crippen LogP contribution in [0, 0.1) is 0 Å². The van der Waals surface area contributed by atoms with Crippen molar-refractivity contribution in [3.63, 3.8) is 0 Å². The van der Waals surface area contributed by atoms with Crippen LogP contribution in [0.2, 0.25) is 0 Å². The van der Waals surface area contributed by atoms with Crippen molar-refractivity contribution >= 4 is 20.9 Å². The zero-order valence-corrected chi connectivity index (χ0v) is 11.6. The maximum atomic E-state index is 11.5. The van der Waals surface area contributed by atoms with E-state index in [1.54, 1.807) is 18.2 Å². The van der Waals surface area contributed by atoms with E-state index in [0.29, 0.717) is 10.9 Å². The van der Waals surface area contributed by atoms with Crippen LogP contribution in [0.5, 0.6) is 0 Å². The van der Waals surface area contributed by atoms with Crippen LogP contribution in [-0.4, -0.2) is 37.2 Å². The largest absolute Gasteiger partial charge is 0.342 e. The molecule has 1 heterocycles. The molecular formula is C13H17N3O2S. The third kappa shape index (κ3) is 2.96. The van der Waals surface area contributed by atoms with Gasteiger partial charge >= 0.3 is 0 Å². The van der Waals surface area contributed by atoms with Gasteiger partial charge in [-0.3, -0.25) is 0 Å². The lowest BCUT2D eigenvalue weighted by Gasteiger charge is -1.98. The Morgan fingerprint density at radius 2 is 2.21 bits per heavy atom. The Morgan fingerprint density at radius 3 is 2.89 bits per heavy atom. The van der Waals surface area contributed by atoms with E-state index in [1.807, 2.05) is 0 Å². The van der Waals surface area contributed by atoms with Gasteiger partial charge in [-0.05, 0) is 31.0 Å². The minimum absolute atomic E-state index is 0.325. The van der Waals surface area contributed by atoms with Gasteiger partial charge in [0.25, 0.3) is 0 Å². The van der Waals surface area contributed by atoms with Crippen molar-refractivity contribution in [1.82, 2.24) is 15.3 Å². The first-order valence-electron chi connectivity index (χ1n) is 6.44. The molecule has 102 valence electrons. The van der Waals surface area contributed by atoms with Gasteiger partial charge in [-0.25, -0.2) is 13.4 Å². The Balaban J connectivity index is 1.79. The van der Waals surface area contributed by atoms with E-state index in [2.05, 4.69) is 15.3 Å². The van der Waals surface area contributed by atoms with Crippen molar-refractivity contribution in [3.8, 4) is 0 Å². The first-order chi connectivity index (χ1) is 9.02. The van der Waals surface area contributed by atoms with Crippen molar-refractivity contribution in [3.05, 3.63) is 24.0 Å². The number of hydrogen-bond donors (Lipinski definition) is 2. The Hall–Kier alpha value is -1.40. The fourth-order valence-corrected chi connectivity index (χ4v) is 2.72. The highest BCUT2D eigenvalue weighted by Gasteiger charge is 2.19. The molecule has 1 aromatic carbocycles. The number of aromatic nitrogens is 2. The van der Waals surface area contributed by atoms with Crippen molar-refractivity contribution in [2.24, 2.45) is 0 Å². The molecule has 2 N–H and O–H groups in total. The monoisotopic (exact) mass is 279 g/mol. The van der Waals surface area contributed by atoms with Crippen LogP contribution < -0.4 is 5.32 Å². The van der Waals surface area contributed by atoms with Gasteiger partial charge < -0.3 is 10.3 Å². The molecule has 0 radical (unpaired) electrons. The zero-order valence-electron chi connectivity index (χ0n) is 10.8. The van der Waals surface area contributed by atoms with E-state index in [4.69, 9.17) is 0 Å². The predicted octanol–water partition coefficient (Wildman–Crippen LogP) is 1.26. The summed E-state index contributed by atoms with van der Waals surface area (Å²) in [6.45, 7) is 0.906. The number of sulfone groups is 1. The first-order valence-corrected chi connectivity index (χ1v) is 8.33. The molecule has 0 bridgehead atoms. The smallest absolute Gasteiger partial charge is 0.175 e. The van der Waals surface area contributed by atoms with Gasteiger partial charge in [0, 0.05) is 25.3 Å². The maximum Gasteiger partial charge on any atom is 0.175 e. The molecule has 2 aromatic rings. The number of rotatable bonds is 5. The molecule has 1 aromatic heterocycles. The Bertz CT molecular complexity index is 702. The highest BCUT2D eigenvalue weighted by atomic mass is 32.2. The topological polar surface area (TPSA) is 74.8 Å². The molecule has 5 nitrogen and oxygen atoms in total. The third-order valence-electron chi connectivity index (χ3n) is 3.30. The quantitative estimate of drug-likeness (QED) is 0.864. The van der Waals surface area contributed by atoms with Crippen LogP contribution in [0.4, 0.5) is 0 Å². The van der Waals surface area contributed by atoms with E-state index in [-0.39, 0.29) is 0 Å². The fraction of sp³-hybridized carbons (Fsp3) is 0.462. The van der Waals surface area contributed by atoms with E-state index in [0.717, 1.165) is 29.8 Å². The average molecular weight is 279 g/mol. The summed E-state index contributed by atoms with van der Waals surface area (Å²) in [5.74, 6) is 0.897. The lowest BCUT2D eigenvalue weighted by atomic mass is 10.3. The number of aromatic amines is 1. The minimum Gasteiger partial charge on any atom is -0.342 e. The van der Waals surface area contributed by atoms with Crippen LogP contribution in [0.15, 0.2) is 23.1 Å². The van der Waals surface area contributed by atoms with Gasteiger partial charge in [-0.1, -0.05) is 0 Å². The first kappa shape index (κ1) is 12.6. The molecule has 6 heteroatoms. The van der Waals surface area contributed by atoms with Crippen molar-refractivity contribution in [2.75, 3.05) is 12.8 Å². The van der Waals surface area contributed by atoms with Crippen LogP contribution in [0.25, 0.3) is 11.0 Å². The van der Waals surface area contributed by atoms with Gasteiger partial charge in [0.2, 0.25) is 0 Å². The van der Waals surface area contributed by atoms with E-state index < -0.39 is 9.84 Å². The van der Waals surface area contributed by atoms with Gasteiger partial charge in [0.05, 0.1) is 15.9 Å². The van der Waals surface area contributed by atoms with Gasteiger partial charge in [0.1, 0.15) is 5.82 Å². The van der Waals surface area contributed by atoms with Crippen LogP contribution in [-0.2, 0) is 16.3 Å². The summed E-state index contributed by atoms with van der Waals surface area (Å²) < 4.78 is 23.0. The second-order valence-corrected chi connectivity index (χ2v) is 7.13. The molecule has 1 fully saturated rings. The number of benzene rings is 1. The summed E-state index contributed by atoms with van der Waals surface area (Å²) in [4.78, 5) is 7.97. The van der Waals surface area contributed by atoms with E-state index in [9.17, 15) is 8.42 Å². The normalized spacial score (nSPS) is 16.1. The average Bonchev–Trinajstić information content (AvgIpc) is 3.06. The molecule has 0 aliphatic heterocycles. The number of H-pyrrole nitrogens is 1. The second kappa shape index (κ2) is 4.61. The predicted molar refractivity (Wildman–Crippen MR) is 73.9 cm³/mol. The number of nitrogens with zero attached hydrogens (tertiary/aromatic N) is 1. The van der Waals surface area contributed by atoms with Crippen molar-refractivity contribution < 1.29 is 8.42 Å². The number of imidazole rings is 1. The van der Waals surface area contributed by atoms with Gasteiger partial charge in [0.15, 0.2) is 9.84 Å². The Morgan fingerprint density at radius 1 is 1.42 bits per heavy atom. The molecule has 0 amide bonds. The number of fused-ring (bicyclic) bond motifs is 1. The summed E-state index contributed by atoms with van der Waals surface area (Å²) in [5, 5.41) is 3.43. The number of hydrogen-bond acceptors (Lipinski definition) is 4. The van der Waals surface area contributed by atoms with Crippen LogP contribution in [0.3, 0.4) is 0 Å². The molecule has 3 rings (SSSR count). The third-order valence-corrected chi connectivity index (χ3v) is 4.41. The second-order valence-electron chi connectivity index (χ2n) is 5.11. The standard InChI is InChI=1S/C13H17N3O2S/c1-19(17,18)10-4-5-11-12(8-10)16-13(15-11)6-7-14-9-2-3-9/h4-5,8-9,14H,2-3,6-7H2,1H3,(H,15,16). The summed E-state index contributed by atoms with van der Waals surface area (Å²) in [5.41, 5.74) is 1.60.